The minimum absolute atomic E-state index is 0.0354. The van der Waals surface area contributed by atoms with E-state index in [-0.39, 0.29) is 85.8 Å². The first-order chi connectivity index (χ1) is 52.7. The average molecular weight is 1520 g/mol. The number of nitriles is 2. The molecule has 30 heteroatoms. The number of nitrogens with one attached hydrogen (secondary N) is 1. The van der Waals surface area contributed by atoms with Gasteiger partial charge in [-0.15, -0.1) is 0 Å². The van der Waals surface area contributed by atoms with Gasteiger partial charge in [0.1, 0.15) is 55.1 Å². The number of fused-ring (bicyclic) bond motifs is 4. The van der Waals surface area contributed by atoms with Crippen LogP contribution in [-0.2, 0) is 71.1 Å². The van der Waals surface area contributed by atoms with Crippen LogP contribution in [0.3, 0.4) is 0 Å². The van der Waals surface area contributed by atoms with E-state index in [0.717, 1.165) is 82.5 Å². The minimum atomic E-state index is -0.855. The Balaban J connectivity index is 0.000000155. The van der Waals surface area contributed by atoms with Crippen LogP contribution in [0.1, 0.15) is 84.9 Å². The van der Waals surface area contributed by atoms with Crippen molar-refractivity contribution in [2.24, 2.45) is 0 Å². The summed E-state index contributed by atoms with van der Waals surface area (Å²) in [6.07, 6.45) is 2.15. The van der Waals surface area contributed by atoms with Crippen molar-refractivity contribution in [3.8, 4) is 18.1 Å². The number of hydrogen-bond acceptors (Lipinski definition) is 22. The number of hydrogen-bond donors (Lipinski definition) is 1. The van der Waals surface area contributed by atoms with E-state index in [4.69, 9.17) is 58.7 Å². The predicted octanol–water partition coefficient (Wildman–Crippen LogP) is 10.4. The quantitative estimate of drug-likeness (QED) is 0.0432. The molecule has 7 aliphatic rings. The summed E-state index contributed by atoms with van der Waals surface area (Å²) in [5.41, 5.74) is 7.97. The molecule has 7 aromatic rings. The van der Waals surface area contributed by atoms with Crippen LogP contribution in [0.25, 0.3) is 15.6 Å². The summed E-state index contributed by atoms with van der Waals surface area (Å²) in [6, 6.07) is 37.5. The number of halogens is 3. The van der Waals surface area contributed by atoms with Crippen LogP contribution in [-0.4, -0.2) is 220 Å². The minimum Gasteiger partial charge on any atom is -0.462 e. The second-order valence-corrected chi connectivity index (χ2v) is 29.5. The number of alkyl halides is 1. The SMILES string of the molecule is CC(C)(C)OC(=O)N1CCc2c(nc(Cl)nc2N2CCN(C(=O)OCc3ccccc3)C(CC#N)C2)C1.N#CCC1CN(c2nc(Cl)nc3c2CCNC3)CCN1C(=O)OCc1ccccc1.[C-]#[N+]CC1CN(c2nc(OC[C@@H]3C[C@@H](F)CN3C)nc3c2CCN(c2cccc4ccccc24)C3)CCN1C(=O)C=C. The van der Waals surface area contributed by atoms with Crippen LogP contribution >= 0.6 is 23.2 Å². The normalized spacial score (nSPS) is 19.8. The van der Waals surface area contributed by atoms with E-state index in [2.05, 4.69) is 106 Å². The summed E-state index contributed by atoms with van der Waals surface area (Å²) in [7, 11) is 1.91. The molecule has 14 rings (SSSR count). The molecule has 0 spiro atoms. The number of likely N-dealkylation sites (tertiary alicyclic amines) is 1. The highest BCUT2D eigenvalue weighted by Crippen LogP contribution is 2.37. The lowest BCUT2D eigenvalue weighted by molar-refractivity contribution is -0.128. The van der Waals surface area contributed by atoms with Gasteiger partial charge >= 0.3 is 24.3 Å². The molecule has 0 radical (unpaired) electrons. The summed E-state index contributed by atoms with van der Waals surface area (Å²) in [5.74, 6) is 2.14. The van der Waals surface area contributed by atoms with Gasteiger partial charge in [0.25, 0.3) is 0 Å². The highest BCUT2D eigenvalue weighted by molar-refractivity contribution is 6.28. The van der Waals surface area contributed by atoms with Crippen LogP contribution in [0, 0.1) is 29.2 Å². The van der Waals surface area contributed by atoms with Crippen molar-refractivity contribution >= 4 is 81.3 Å². The Morgan fingerprint density at radius 1 is 0.624 bits per heavy atom. The number of rotatable bonds is 15. The zero-order valence-electron chi connectivity index (χ0n) is 61.8. The molecule has 3 aromatic heterocycles. The first-order valence-corrected chi connectivity index (χ1v) is 37.6. The molecule has 4 saturated heterocycles. The Labute approximate surface area is 644 Å². The van der Waals surface area contributed by atoms with Gasteiger partial charge in [-0.25, -0.2) is 45.3 Å². The molecular weight excluding hydrogens is 1430 g/mol. The summed E-state index contributed by atoms with van der Waals surface area (Å²) >= 11 is 12.5. The Morgan fingerprint density at radius 2 is 1.17 bits per heavy atom. The smallest absolute Gasteiger partial charge is 0.410 e. The van der Waals surface area contributed by atoms with E-state index in [9.17, 15) is 34.1 Å². The topological polar surface area (TPSA) is 276 Å². The first-order valence-electron chi connectivity index (χ1n) is 36.8. The van der Waals surface area contributed by atoms with Gasteiger partial charge in [-0.1, -0.05) is 104 Å². The van der Waals surface area contributed by atoms with Gasteiger partial charge in [-0.05, 0) is 112 Å². The lowest BCUT2D eigenvalue weighted by Crippen LogP contribution is -2.56. The molecule has 0 aliphatic carbocycles. The van der Waals surface area contributed by atoms with Crippen LogP contribution in [0.5, 0.6) is 6.01 Å². The molecule has 4 amide bonds. The van der Waals surface area contributed by atoms with E-state index in [1.165, 1.54) is 16.8 Å². The summed E-state index contributed by atoms with van der Waals surface area (Å²) in [6.45, 7) is 25.9. The van der Waals surface area contributed by atoms with E-state index in [0.29, 0.717) is 116 Å². The summed E-state index contributed by atoms with van der Waals surface area (Å²) in [5, 5.41) is 24.7. The molecule has 4 aromatic carbocycles. The van der Waals surface area contributed by atoms with Crippen LogP contribution < -0.4 is 29.7 Å². The van der Waals surface area contributed by atoms with Gasteiger partial charge in [-0.3, -0.25) is 9.69 Å². The molecule has 5 atom stereocenters. The standard InChI is InChI=1S/C32H36FN7O2.C26H31ClN6O4.C21H23ClN6O2/c1-4-30(41)40-15-14-39(19-25(40)17-34-2)31-27-12-13-38(29-11-7-9-22-8-5-6-10-26(22)29)20-28(27)35-32(36-31)42-21-24-16-23(33)18-37(24)3;1-26(2,3)37-24(34)32-12-10-20-21(16-32)29-23(27)30-22(20)31-13-14-33(19(15-31)9-11-28)25(35)36-17-18-7-5-4-6-8-18;22-20-25-18-12-24-9-7-17(18)19(26-20)27-10-11-28(16(13-27)6-8-23)21(29)30-14-15-4-2-1-3-5-15/h4-11,23-25H,1,12-21H2,3H3;4-8,19H,9-10,12-17H2,1-3H3;1-5,16,24H,6-7,9-14H2/t23-,24+,25?;;/m1../s1. The molecule has 27 nitrogen and oxygen atoms in total. The number of ether oxygens (including phenoxy) is 4. The Morgan fingerprint density at radius 3 is 1.74 bits per heavy atom. The lowest BCUT2D eigenvalue weighted by Gasteiger charge is -2.41. The van der Waals surface area contributed by atoms with Gasteiger partial charge in [0, 0.05) is 119 Å². The van der Waals surface area contributed by atoms with E-state index in [1.54, 1.807) is 19.6 Å². The van der Waals surface area contributed by atoms with Crippen LogP contribution in [0.15, 0.2) is 116 Å². The van der Waals surface area contributed by atoms with Crippen molar-refractivity contribution in [3.63, 3.8) is 0 Å². The van der Waals surface area contributed by atoms with Crippen LogP contribution in [0.2, 0.25) is 10.6 Å². The summed E-state index contributed by atoms with van der Waals surface area (Å²) in [4.78, 5) is 99.1. The number of carbonyl (C=O) groups is 4. The molecule has 4 fully saturated rings. The molecular formula is C79H90Cl2FN19O8. The third-order valence-electron chi connectivity index (χ3n) is 20.4. The van der Waals surface area contributed by atoms with E-state index in [1.807, 2.05) is 98.3 Å². The number of nitrogens with zero attached hydrogens (tertiary/aromatic N) is 18. The fourth-order valence-electron chi connectivity index (χ4n) is 14.9. The zero-order valence-corrected chi connectivity index (χ0v) is 63.3. The maximum Gasteiger partial charge on any atom is 0.410 e. The number of piperazine rings is 3. The number of benzene rings is 4. The number of carbonyl (C=O) groups excluding carboxylic acids is 4. The van der Waals surface area contributed by atoms with Crippen molar-refractivity contribution in [2.75, 3.05) is 125 Å². The molecule has 0 saturated carbocycles. The molecule has 10 heterocycles. The Hall–Kier alpha value is -10.7. The van der Waals surface area contributed by atoms with Gasteiger partial charge in [0.2, 0.25) is 23.0 Å². The average Bonchev–Trinajstić information content (AvgIpc) is 1.16. The molecule has 7 aliphatic heterocycles. The third-order valence-corrected chi connectivity index (χ3v) is 20.7. The number of aromatic nitrogens is 6. The molecule has 570 valence electrons. The summed E-state index contributed by atoms with van der Waals surface area (Å²) < 4.78 is 36.7. The van der Waals surface area contributed by atoms with E-state index < -0.39 is 30.1 Å². The fourth-order valence-corrected chi connectivity index (χ4v) is 15.3. The third kappa shape index (κ3) is 19.4. The van der Waals surface area contributed by atoms with Crippen molar-refractivity contribution in [1.29, 1.82) is 10.5 Å². The molecule has 1 N–H and O–H groups in total. The maximum atomic E-state index is 14.0. The second kappa shape index (κ2) is 36.0. The first kappa shape index (κ1) is 77.9. The predicted molar refractivity (Wildman–Crippen MR) is 411 cm³/mol. The number of amides is 4. The second-order valence-electron chi connectivity index (χ2n) is 28.8. The molecule has 109 heavy (non-hydrogen) atoms. The Kier molecular flexibility index (Phi) is 25.7. The highest BCUT2D eigenvalue weighted by Gasteiger charge is 2.40. The van der Waals surface area contributed by atoms with Gasteiger partial charge in [0.15, 0.2) is 0 Å². The molecule has 3 unspecified atom stereocenters. The van der Waals surface area contributed by atoms with Crippen molar-refractivity contribution in [2.45, 2.75) is 128 Å². The van der Waals surface area contributed by atoms with Crippen LogP contribution in [0.4, 0.5) is 41.9 Å². The maximum absolute atomic E-state index is 14.0. The van der Waals surface area contributed by atoms with Gasteiger partial charge < -0.3 is 68.3 Å². The highest BCUT2D eigenvalue weighted by atomic mass is 35.5. The molecule has 0 bridgehead atoms. The van der Waals surface area contributed by atoms with Crippen molar-refractivity contribution < 1.29 is 42.5 Å². The van der Waals surface area contributed by atoms with Crippen molar-refractivity contribution in [1.82, 2.24) is 59.7 Å². The number of anilines is 4. The van der Waals surface area contributed by atoms with Crippen molar-refractivity contribution in [3.05, 3.63) is 183 Å². The van der Waals surface area contributed by atoms with Gasteiger partial charge in [-0.2, -0.15) is 20.5 Å². The monoisotopic (exact) mass is 1520 g/mol. The fraction of sp³-hybridized carbons (Fsp3) is 0.456. The lowest BCUT2D eigenvalue weighted by atomic mass is 10.0. The number of likely N-dealkylation sites (N-methyl/N-ethyl adjacent to an activating group) is 1. The van der Waals surface area contributed by atoms with E-state index >= 15 is 0 Å². The largest absolute Gasteiger partial charge is 0.462 e. The Bertz CT molecular complexity index is 4540. The zero-order chi connectivity index (χ0) is 76.7. The van der Waals surface area contributed by atoms with Gasteiger partial charge in [0.05, 0.1) is 67.2 Å².